The lowest BCUT2D eigenvalue weighted by molar-refractivity contribution is -0.116. The molecule has 4 aromatic heterocycles. The van der Waals surface area contributed by atoms with Crippen molar-refractivity contribution < 1.29 is 14.1 Å². The third kappa shape index (κ3) is 4.35. The number of aryl methyl sites for hydroxylation is 1. The third-order valence-electron chi connectivity index (χ3n) is 3.97. The number of hydrogen-bond donors (Lipinski definition) is 3. The quantitative estimate of drug-likeness (QED) is 0.423. The van der Waals surface area contributed by atoms with Crippen LogP contribution in [0.15, 0.2) is 46.7 Å². The van der Waals surface area contributed by atoms with E-state index in [2.05, 4.69) is 30.4 Å². The molecule has 29 heavy (non-hydrogen) atoms. The highest BCUT2D eigenvalue weighted by Crippen LogP contribution is 2.25. The van der Waals surface area contributed by atoms with Crippen molar-refractivity contribution in [1.82, 2.24) is 25.1 Å². The number of carbonyl (C=O) groups is 2. The second-order valence-electron chi connectivity index (χ2n) is 6.00. The molecule has 0 aliphatic rings. The topological polar surface area (TPSA) is 153 Å². The van der Waals surface area contributed by atoms with E-state index in [1.807, 2.05) is 0 Å². The van der Waals surface area contributed by atoms with Crippen molar-refractivity contribution >= 4 is 28.3 Å². The van der Waals surface area contributed by atoms with Crippen LogP contribution in [0.3, 0.4) is 0 Å². The van der Waals surface area contributed by atoms with Gasteiger partial charge in [0.1, 0.15) is 5.69 Å². The summed E-state index contributed by atoms with van der Waals surface area (Å²) < 4.78 is 5.19. The van der Waals surface area contributed by atoms with Gasteiger partial charge in [-0.2, -0.15) is 4.98 Å². The molecule has 0 aromatic carbocycles. The van der Waals surface area contributed by atoms with E-state index >= 15 is 0 Å². The summed E-state index contributed by atoms with van der Waals surface area (Å²) in [6.45, 7) is 0. The van der Waals surface area contributed by atoms with Crippen molar-refractivity contribution in [3.05, 3.63) is 53.8 Å². The van der Waals surface area contributed by atoms with E-state index in [4.69, 9.17) is 10.3 Å². The SMILES string of the molecule is NC(=O)c1cc(-c2csc(NC(=O)CCc3nc(-c4ccncc4)no3)n2)c[nH]1. The minimum Gasteiger partial charge on any atom is -0.364 e. The molecule has 0 atom stereocenters. The number of rotatable bonds is 7. The monoisotopic (exact) mass is 409 g/mol. The molecule has 0 spiro atoms. The maximum absolute atomic E-state index is 12.2. The Morgan fingerprint density at radius 1 is 1.21 bits per heavy atom. The normalized spacial score (nSPS) is 10.8. The van der Waals surface area contributed by atoms with Crippen LogP contribution in [0.25, 0.3) is 22.6 Å². The van der Waals surface area contributed by atoms with Gasteiger partial charge in [0.25, 0.3) is 5.91 Å². The number of H-pyrrole nitrogens is 1. The fraction of sp³-hybridized carbons (Fsp3) is 0.111. The van der Waals surface area contributed by atoms with Crippen LogP contribution in [0.2, 0.25) is 0 Å². The number of thiazole rings is 1. The van der Waals surface area contributed by atoms with E-state index in [9.17, 15) is 9.59 Å². The average Bonchev–Trinajstić information content (AvgIpc) is 3.47. The summed E-state index contributed by atoms with van der Waals surface area (Å²) >= 11 is 1.28. The fourth-order valence-corrected chi connectivity index (χ4v) is 3.26. The number of pyridine rings is 1. The second kappa shape index (κ2) is 8.02. The van der Waals surface area contributed by atoms with Gasteiger partial charge in [-0.25, -0.2) is 4.98 Å². The number of aromatic nitrogens is 5. The molecule has 4 heterocycles. The van der Waals surface area contributed by atoms with Gasteiger partial charge >= 0.3 is 0 Å². The standard InChI is InChI=1S/C18H15N7O3S/c19-16(27)12-7-11(8-21-12)13-9-29-18(22-13)23-14(26)1-2-15-24-17(25-28-15)10-3-5-20-6-4-10/h3-9,21H,1-2H2,(H2,19,27)(H,22,23,26). The number of hydrogen-bond acceptors (Lipinski definition) is 8. The molecule has 0 saturated carbocycles. The molecule has 4 aromatic rings. The van der Waals surface area contributed by atoms with Crippen molar-refractivity contribution in [2.24, 2.45) is 5.73 Å². The smallest absolute Gasteiger partial charge is 0.265 e. The van der Waals surface area contributed by atoms with Crippen LogP contribution in [-0.4, -0.2) is 36.9 Å². The maximum Gasteiger partial charge on any atom is 0.265 e. The molecule has 4 N–H and O–H groups in total. The zero-order valence-electron chi connectivity index (χ0n) is 15.0. The molecule has 4 rings (SSSR count). The summed E-state index contributed by atoms with van der Waals surface area (Å²) in [5, 5.41) is 8.88. The predicted octanol–water partition coefficient (Wildman–Crippen LogP) is 2.25. The van der Waals surface area contributed by atoms with Gasteiger partial charge in [-0.15, -0.1) is 11.3 Å². The molecule has 0 fully saturated rings. The van der Waals surface area contributed by atoms with E-state index in [0.717, 1.165) is 5.56 Å². The molecule has 0 saturated heterocycles. The number of nitrogens with one attached hydrogen (secondary N) is 2. The summed E-state index contributed by atoms with van der Waals surface area (Å²) in [6, 6.07) is 5.16. The Bertz CT molecular complexity index is 1150. The first-order valence-corrected chi connectivity index (χ1v) is 9.43. The third-order valence-corrected chi connectivity index (χ3v) is 4.73. The first kappa shape index (κ1) is 18.5. The van der Waals surface area contributed by atoms with Crippen LogP contribution in [0.5, 0.6) is 0 Å². The van der Waals surface area contributed by atoms with Crippen LogP contribution in [0.1, 0.15) is 22.8 Å². The van der Waals surface area contributed by atoms with Crippen LogP contribution in [0, 0.1) is 0 Å². The molecule has 11 heteroatoms. The number of anilines is 1. The zero-order valence-corrected chi connectivity index (χ0v) is 15.8. The van der Waals surface area contributed by atoms with Gasteiger partial charge in [0.05, 0.1) is 5.69 Å². The van der Waals surface area contributed by atoms with Crippen molar-refractivity contribution in [1.29, 1.82) is 0 Å². The summed E-state index contributed by atoms with van der Waals surface area (Å²) in [4.78, 5) is 38.7. The Morgan fingerprint density at radius 2 is 2.03 bits per heavy atom. The zero-order chi connectivity index (χ0) is 20.2. The van der Waals surface area contributed by atoms with Crippen molar-refractivity contribution in [3.63, 3.8) is 0 Å². The van der Waals surface area contributed by atoms with Crippen LogP contribution in [-0.2, 0) is 11.2 Å². The highest BCUT2D eigenvalue weighted by Gasteiger charge is 2.13. The lowest BCUT2D eigenvalue weighted by atomic mass is 10.2. The van der Waals surface area contributed by atoms with Crippen molar-refractivity contribution in [2.75, 3.05) is 5.32 Å². The molecule has 0 unspecified atom stereocenters. The maximum atomic E-state index is 12.2. The van der Waals surface area contributed by atoms with E-state index in [1.54, 1.807) is 42.2 Å². The Balaban J connectivity index is 1.33. The van der Waals surface area contributed by atoms with Gasteiger partial charge in [-0.3, -0.25) is 14.6 Å². The molecule has 0 aliphatic carbocycles. The van der Waals surface area contributed by atoms with E-state index < -0.39 is 5.91 Å². The highest BCUT2D eigenvalue weighted by atomic mass is 32.1. The first-order valence-electron chi connectivity index (χ1n) is 8.55. The number of amides is 2. The van der Waals surface area contributed by atoms with Gasteiger partial charge in [0, 0.05) is 47.9 Å². The minimum atomic E-state index is -0.548. The Morgan fingerprint density at radius 3 is 2.79 bits per heavy atom. The van der Waals surface area contributed by atoms with Crippen LogP contribution in [0.4, 0.5) is 5.13 Å². The van der Waals surface area contributed by atoms with Crippen molar-refractivity contribution in [3.8, 4) is 22.6 Å². The highest BCUT2D eigenvalue weighted by molar-refractivity contribution is 7.14. The molecular formula is C18H15N7O3S. The molecule has 0 aliphatic heterocycles. The number of nitrogens with zero attached hydrogens (tertiary/aromatic N) is 4. The van der Waals surface area contributed by atoms with Crippen LogP contribution < -0.4 is 11.1 Å². The van der Waals surface area contributed by atoms with E-state index in [1.165, 1.54) is 11.3 Å². The molecule has 2 amide bonds. The summed E-state index contributed by atoms with van der Waals surface area (Å²) in [7, 11) is 0. The first-order chi connectivity index (χ1) is 14.1. The molecule has 146 valence electrons. The summed E-state index contributed by atoms with van der Waals surface area (Å²) in [6.07, 6.45) is 5.40. The Labute approximate surface area is 168 Å². The lowest BCUT2D eigenvalue weighted by Gasteiger charge is -1.99. The lowest BCUT2D eigenvalue weighted by Crippen LogP contribution is -2.12. The second-order valence-corrected chi connectivity index (χ2v) is 6.86. The largest absolute Gasteiger partial charge is 0.364 e. The summed E-state index contributed by atoms with van der Waals surface area (Å²) in [5.41, 5.74) is 7.66. The van der Waals surface area contributed by atoms with Crippen molar-refractivity contribution in [2.45, 2.75) is 12.8 Å². The molecular weight excluding hydrogens is 394 g/mol. The number of aromatic amines is 1. The average molecular weight is 409 g/mol. The van der Waals surface area contributed by atoms with E-state index in [-0.39, 0.29) is 12.3 Å². The Kier molecular flexibility index (Phi) is 5.12. The van der Waals surface area contributed by atoms with Gasteiger partial charge in [0.15, 0.2) is 5.13 Å². The minimum absolute atomic E-state index is 0.170. The summed E-state index contributed by atoms with van der Waals surface area (Å²) in [5.74, 6) is 0.0573. The molecule has 10 nitrogen and oxygen atoms in total. The predicted molar refractivity (Wildman–Crippen MR) is 105 cm³/mol. The molecule has 0 radical (unpaired) electrons. The molecule has 0 bridgehead atoms. The Hall–Kier alpha value is -3.86. The fourth-order valence-electron chi connectivity index (χ4n) is 2.53. The number of primary amides is 1. The van der Waals surface area contributed by atoms with Gasteiger partial charge in [-0.1, -0.05) is 5.16 Å². The van der Waals surface area contributed by atoms with Gasteiger partial charge in [0.2, 0.25) is 17.6 Å². The number of carbonyl (C=O) groups excluding carboxylic acids is 2. The van der Waals surface area contributed by atoms with E-state index in [0.29, 0.717) is 40.2 Å². The van der Waals surface area contributed by atoms with Gasteiger partial charge < -0.3 is 20.6 Å². The number of nitrogens with two attached hydrogens (primary N) is 1. The van der Waals surface area contributed by atoms with Crippen LogP contribution >= 0.6 is 11.3 Å². The van der Waals surface area contributed by atoms with Gasteiger partial charge in [-0.05, 0) is 18.2 Å².